The van der Waals surface area contributed by atoms with Gasteiger partial charge in [0.15, 0.2) is 0 Å². The Kier molecular flexibility index (Phi) is 6.55. The van der Waals surface area contributed by atoms with Crippen LogP contribution in [-0.2, 0) is 11.3 Å². The van der Waals surface area contributed by atoms with E-state index in [4.69, 9.17) is 4.74 Å². The molecule has 0 fully saturated rings. The van der Waals surface area contributed by atoms with Crippen LogP contribution >= 0.6 is 11.8 Å². The molecule has 1 N–H and O–H groups in total. The van der Waals surface area contributed by atoms with E-state index >= 15 is 0 Å². The lowest BCUT2D eigenvalue weighted by atomic mass is 10.1. The van der Waals surface area contributed by atoms with Crippen molar-refractivity contribution in [1.29, 1.82) is 0 Å². The maximum Gasteiger partial charge on any atom is 0.288 e. The lowest BCUT2D eigenvalue weighted by molar-refractivity contribution is 0.0113. The van der Waals surface area contributed by atoms with Gasteiger partial charge in [0.2, 0.25) is 0 Å². The van der Waals surface area contributed by atoms with Gasteiger partial charge in [-0.2, -0.15) is 13.9 Å². The number of nitrogens with one attached hydrogen (secondary N) is 1. The third-order valence-corrected chi connectivity index (χ3v) is 4.52. The minimum Gasteiger partial charge on any atom is -0.379 e. The van der Waals surface area contributed by atoms with Crippen LogP contribution in [0.15, 0.2) is 41.6 Å². The lowest BCUT2D eigenvalue weighted by Crippen LogP contribution is -2.24. The molecule has 0 saturated heterocycles. The second-order valence-corrected chi connectivity index (χ2v) is 7.07. The van der Waals surface area contributed by atoms with Crippen LogP contribution in [0.25, 0.3) is 0 Å². The average molecular weight is 369 g/mol. The monoisotopic (exact) mass is 369 g/mol. The van der Waals surface area contributed by atoms with Gasteiger partial charge in [-0.3, -0.25) is 9.48 Å². The second-order valence-electron chi connectivity index (χ2n) is 6.03. The van der Waals surface area contributed by atoms with E-state index in [9.17, 15) is 13.6 Å². The van der Waals surface area contributed by atoms with Gasteiger partial charge in [-0.25, -0.2) is 0 Å². The number of aromatic nitrogens is 2. The molecule has 1 heterocycles. The number of aryl methyl sites for hydroxylation is 1. The van der Waals surface area contributed by atoms with Crippen LogP contribution in [0.3, 0.4) is 0 Å². The number of methoxy groups -OCH3 is 1. The predicted molar refractivity (Wildman–Crippen MR) is 94.2 cm³/mol. The molecule has 2 rings (SSSR count). The molecule has 0 atom stereocenters. The fourth-order valence-corrected chi connectivity index (χ4v) is 2.72. The molecule has 0 aliphatic rings. The van der Waals surface area contributed by atoms with Crippen molar-refractivity contribution < 1.29 is 18.3 Å². The Morgan fingerprint density at radius 2 is 2.12 bits per heavy atom. The van der Waals surface area contributed by atoms with Crippen molar-refractivity contribution in [2.45, 2.75) is 43.1 Å². The number of hydrogen-bond acceptors (Lipinski definition) is 4. The molecule has 136 valence electrons. The van der Waals surface area contributed by atoms with Gasteiger partial charge in [-0.1, -0.05) is 23.9 Å². The van der Waals surface area contributed by atoms with Gasteiger partial charge in [0.05, 0.1) is 23.0 Å². The number of anilines is 1. The summed E-state index contributed by atoms with van der Waals surface area (Å²) in [6, 6.07) is 6.28. The van der Waals surface area contributed by atoms with Gasteiger partial charge in [-0.15, -0.1) is 0 Å². The van der Waals surface area contributed by atoms with Crippen molar-refractivity contribution in [2.24, 2.45) is 0 Å². The summed E-state index contributed by atoms with van der Waals surface area (Å²) in [5.74, 6) is -3.03. The highest BCUT2D eigenvalue weighted by molar-refractivity contribution is 7.99. The number of rotatable bonds is 8. The Labute approximate surface area is 149 Å². The smallest absolute Gasteiger partial charge is 0.288 e. The summed E-state index contributed by atoms with van der Waals surface area (Å²) in [5.41, 5.74) is 0.457. The first-order chi connectivity index (χ1) is 11.8. The highest BCUT2D eigenvalue weighted by Gasteiger charge is 2.17. The topological polar surface area (TPSA) is 56.1 Å². The van der Waals surface area contributed by atoms with Crippen LogP contribution in [-0.4, -0.2) is 34.2 Å². The van der Waals surface area contributed by atoms with Gasteiger partial charge in [0.25, 0.3) is 11.7 Å². The summed E-state index contributed by atoms with van der Waals surface area (Å²) in [6.07, 6.45) is 3.99. The van der Waals surface area contributed by atoms with E-state index in [1.165, 1.54) is 18.3 Å². The molecule has 0 spiro atoms. The minimum absolute atomic E-state index is 0.209. The first-order valence-corrected chi connectivity index (χ1v) is 8.61. The zero-order chi connectivity index (χ0) is 18.4. The summed E-state index contributed by atoms with van der Waals surface area (Å²) < 4.78 is 32.3. The van der Waals surface area contributed by atoms with Crippen molar-refractivity contribution in [2.75, 3.05) is 12.4 Å². The molecule has 1 aromatic heterocycles. The maximum absolute atomic E-state index is 12.6. The summed E-state index contributed by atoms with van der Waals surface area (Å²) in [7, 11) is 1.66. The quantitative estimate of drug-likeness (QED) is 0.706. The summed E-state index contributed by atoms with van der Waals surface area (Å²) in [5, 5.41) is 6.88. The van der Waals surface area contributed by atoms with Gasteiger partial charge in [0.1, 0.15) is 0 Å². The molecule has 25 heavy (non-hydrogen) atoms. The van der Waals surface area contributed by atoms with E-state index in [1.807, 2.05) is 13.8 Å². The molecule has 0 radical (unpaired) electrons. The zero-order valence-corrected chi connectivity index (χ0v) is 15.1. The fraction of sp³-hybridized carbons (Fsp3) is 0.412. The predicted octanol–water partition coefficient (Wildman–Crippen LogP) is 4.27. The highest BCUT2D eigenvalue weighted by atomic mass is 32.2. The number of benzene rings is 1. The summed E-state index contributed by atoms with van der Waals surface area (Å²) in [6.45, 7) is 4.60. The maximum atomic E-state index is 12.6. The third-order valence-electron chi connectivity index (χ3n) is 3.73. The van der Waals surface area contributed by atoms with Crippen molar-refractivity contribution in [3.05, 3.63) is 42.2 Å². The van der Waals surface area contributed by atoms with Crippen LogP contribution in [0.5, 0.6) is 0 Å². The number of carbonyl (C=O) groups is 1. The number of amides is 1. The van der Waals surface area contributed by atoms with E-state index < -0.39 is 11.7 Å². The molecule has 0 unspecified atom stereocenters. The largest absolute Gasteiger partial charge is 0.379 e. The number of ether oxygens (including phenoxy) is 1. The van der Waals surface area contributed by atoms with Crippen LogP contribution in [0.2, 0.25) is 0 Å². The Balaban J connectivity index is 2.02. The SMILES string of the molecule is COC(C)(C)CCn1cc(NC(=O)c2ccccc2SC(F)F)cn1. The lowest BCUT2D eigenvalue weighted by Gasteiger charge is -2.22. The Bertz CT molecular complexity index is 719. The number of hydrogen-bond donors (Lipinski definition) is 1. The third kappa shape index (κ3) is 5.82. The van der Waals surface area contributed by atoms with Gasteiger partial charge in [0, 0.05) is 24.7 Å². The van der Waals surface area contributed by atoms with Gasteiger partial charge >= 0.3 is 0 Å². The number of carbonyl (C=O) groups excluding carboxylic acids is 1. The van der Waals surface area contributed by atoms with Crippen LogP contribution in [0.1, 0.15) is 30.6 Å². The Morgan fingerprint density at radius 1 is 1.40 bits per heavy atom. The standard InChI is InChI=1S/C17H21F2N3O2S/c1-17(2,24-3)8-9-22-11-12(10-20-22)21-15(23)13-6-4-5-7-14(13)25-16(18)19/h4-7,10-11,16H,8-9H2,1-3H3,(H,21,23). The van der Waals surface area contributed by atoms with Crippen LogP contribution in [0, 0.1) is 0 Å². The first kappa shape index (κ1) is 19.4. The molecule has 8 heteroatoms. The second kappa shape index (κ2) is 8.44. The van der Waals surface area contributed by atoms with Crippen molar-refractivity contribution >= 4 is 23.4 Å². The molecule has 5 nitrogen and oxygen atoms in total. The van der Waals surface area contributed by atoms with Crippen molar-refractivity contribution in [3.8, 4) is 0 Å². The fourth-order valence-electron chi connectivity index (χ4n) is 2.09. The molecule has 1 amide bonds. The van der Waals surface area contributed by atoms with Crippen LogP contribution in [0.4, 0.5) is 14.5 Å². The molecule has 2 aromatic rings. The van der Waals surface area contributed by atoms with E-state index in [0.717, 1.165) is 6.42 Å². The molecule has 1 aromatic carbocycles. The molecule has 0 bridgehead atoms. The van der Waals surface area contributed by atoms with E-state index in [2.05, 4.69) is 10.4 Å². The van der Waals surface area contributed by atoms with E-state index in [1.54, 1.807) is 30.1 Å². The molecule has 0 saturated carbocycles. The molecule has 0 aliphatic carbocycles. The molecular weight excluding hydrogens is 348 g/mol. The van der Waals surface area contributed by atoms with E-state index in [0.29, 0.717) is 24.0 Å². The minimum atomic E-state index is -2.58. The number of alkyl halides is 2. The number of halogens is 2. The van der Waals surface area contributed by atoms with Crippen molar-refractivity contribution in [3.63, 3.8) is 0 Å². The van der Waals surface area contributed by atoms with E-state index in [-0.39, 0.29) is 16.1 Å². The summed E-state index contributed by atoms with van der Waals surface area (Å²) >= 11 is 0.354. The molecule has 0 aliphatic heterocycles. The van der Waals surface area contributed by atoms with Gasteiger partial charge in [-0.05, 0) is 32.4 Å². The summed E-state index contributed by atoms with van der Waals surface area (Å²) in [4.78, 5) is 12.6. The number of thioether (sulfide) groups is 1. The Hall–Kier alpha value is -1.93. The Morgan fingerprint density at radius 3 is 2.80 bits per heavy atom. The highest BCUT2D eigenvalue weighted by Crippen LogP contribution is 2.28. The normalized spacial score (nSPS) is 11.8. The average Bonchev–Trinajstić information content (AvgIpc) is 3.00. The van der Waals surface area contributed by atoms with Crippen molar-refractivity contribution in [1.82, 2.24) is 9.78 Å². The van der Waals surface area contributed by atoms with Gasteiger partial charge < -0.3 is 10.1 Å². The van der Waals surface area contributed by atoms with Crippen LogP contribution < -0.4 is 5.32 Å². The zero-order valence-electron chi connectivity index (χ0n) is 14.3. The first-order valence-electron chi connectivity index (χ1n) is 7.73. The number of nitrogens with zero attached hydrogens (tertiary/aromatic N) is 2. The molecular formula is C17H21F2N3O2S.